The Morgan fingerprint density at radius 3 is 2.44 bits per heavy atom. The van der Waals surface area contributed by atoms with Crippen molar-refractivity contribution in [2.75, 3.05) is 33.4 Å². The highest BCUT2D eigenvalue weighted by atomic mass is 16.5. The summed E-state index contributed by atoms with van der Waals surface area (Å²) in [4.78, 5) is 29.0. The first-order valence-electron chi connectivity index (χ1n) is 9.62. The largest absolute Gasteiger partial charge is 0.383 e. The van der Waals surface area contributed by atoms with Gasteiger partial charge in [-0.2, -0.15) is 0 Å². The van der Waals surface area contributed by atoms with E-state index in [-0.39, 0.29) is 24.0 Å². The summed E-state index contributed by atoms with van der Waals surface area (Å²) in [6.07, 6.45) is 3.78. The molecule has 7 nitrogen and oxygen atoms in total. The molecule has 0 aliphatic carbocycles. The highest BCUT2D eigenvalue weighted by Gasteiger charge is 2.24. The second kappa shape index (κ2) is 11.0. The van der Waals surface area contributed by atoms with Gasteiger partial charge in [-0.3, -0.25) is 4.79 Å². The fraction of sp³-hybridized carbons (Fsp3) is 0.700. The molecule has 1 aromatic rings. The van der Waals surface area contributed by atoms with Gasteiger partial charge in [-0.15, -0.1) is 0 Å². The number of nitrogens with one attached hydrogen (secondary N) is 1. The van der Waals surface area contributed by atoms with Crippen molar-refractivity contribution in [3.8, 4) is 0 Å². The highest BCUT2D eigenvalue weighted by molar-refractivity contribution is 5.84. The number of hydrogen-bond donors (Lipinski definition) is 1. The molecular weight excluding hydrogens is 344 g/mol. The van der Waals surface area contributed by atoms with Gasteiger partial charge in [0.25, 0.3) is 0 Å². The van der Waals surface area contributed by atoms with E-state index in [1.165, 1.54) is 0 Å². The Morgan fingerprint density at radius 2 is 1.93 bits per heavy atom. The van der Waals surface area contributed by atoms with Crippen LogP contribution >= 0.6 is 0 Å². The molecule has 0 aliphatic rings. The number of carbonyl (C=O) groups excluding carboxylic acids is 2. The number of carbonyl (C=O) groups is 2. The van der Waals surface area contributed by atoms with Crippen LogP contribution in [0.1, 0.15) is 46.2 Å². The fourth-order valence-corrected chi connectivity index (χ4v) is 2.61. The van der Waals surface area contributed by atoms with Crippen LogP contribution < -0.4 is 5.32 Å². The smallest absolute Gasteiger partial charge is 0.318 e. The lowest BCUT2D eigenvalue weighted by Crippen LogP contribution is -2.52. The quantitative estimate of drug-likeness (QED) is 0.678. The summed E-state index contributed by atoms with van der Waals surface area (Å²) in [5.41, 5.74) is 0.697. The van der Waals surface area contributed by atoms with E-state index in [2.05, 4.69) is 12.2 Å². The van der Waals surface area contributed by atoms with E-state index in [4.69, 9.17) is 4.74 Å². The lowest BCUT2D eigenvalue weighted by Gasteiger charge is -2.30. The van der Waals surface area contributed by atoms with Crippen LogP contribution in [-0.2, 0) is 23.1 Å². The zero-order valence-corrected chi connectivity index (χ0v) is 17.7. The topological polar surface area (TPSA) is 66.8 Å². The van der Waals surface area contributed by atoms with E-state index < -0.39 is 0 Å². The summed E-state index contributed by atoms with van der Waals surface area (Å²) in [5.74, 6) is -0.0755. The number of aryl methyl sites for hydroxylation is 1. The Balaban J connectivity index is 2.85. The summed E-state index contributed by atoms with van der Waals surface area (Å²) in [6.45, 7) is 9.95. The zero-order valence-electron chi connectivity index (χ0n) is 17.7. The number of urea groups is 1. The normalized spacial score (nSPS) is 11.3. The lowest BCUT2D eigenvalue weighted by atomic mass is 10.1. The van der Waals surface area contributed by atoms with Gasteiger partial charge in [-0.25, -0.2) is 4.79 Å². The van der Waals surface area contributed by atoms with Gasteiger partial charge in [0.05, 0.1) is 13.2 Å². The minimum absolute atomic E-state index is 0.0655. The van der Waals surface area contributed by atoms with Crippen LogP contribution in [-0.4, -0.2) is 65.2 Å². The third kappa shape index (κ3) is 8.47. The lowest BCUT2D eigenvalue weighted by molar-refractivity contribution is -0.133. The number of nitrogens with zero attached hydrogens (tertiary/aromatic N) is 3. The molecule has 0 radical (unpaired) electrons. The van der Waals surface area contributed by atoms with Gasteiger partial charge < -0.3 is 24.4 Å². The van der Waals surface area contributed by atoms with Gasteiger partial charge in [0.15, 0.2) is 0 Å². The number of amides is 3. The maximum Gasteiger partial charge on any atom is 0.318 e. The van der Waals surface area contributed by atoms with Crippen LogP contribution in [0, 0.1) is 0 Å². The number of methoxy groups -OCH3 is 1. The Hall–Kier alpha value is -2.02. The SMILES string of the molecule is CCCCN(CC(=O)N(CCOC)Cc1cccn1C)C(=O)NC(C)(C)C. The van der Waals surface area contributed by atoms with E-state index in [0.717, 1.165) is 18.5 Å². The second-order valence-corrected chi connectivity index (χ2v) is 7.87. The number of unbranched alkanes of at least 4 members (excludes halogenated alkanes) is 1. The highest BCUT2D eigenvalue weighted by Crippen LogP contribution is 2.08. The Kier molecular flexibility index (Phi) is 9.35. The molecule has 0 bridgehead atoms. The Morgan fingerprint density at radius 1 is 1.22 bits per heavy atom. The maximum absolute atomic E-state index is 13.0. The predicted molar refractivity (Wildman–Crippen MR) is 107 cm³/mol. The van der Waals surface area contributed by atoms with Crippen LogP contribution in [0.25, 0.3) is 0 Å². The second-order valence-electron chi connectivity index (χ2n) is 7.87. The van der Waals surface area contributed by atoms with E-state index in [0.29, 0.717) is 26.2 Å². The molecular formula is C20H36N4O3. The van der Waals surface area contributed by atoms with E-state index in [1.807, 2.05) is 50.7 Å². The third-order valence-electron chi connectivity index (χ3n) is 4.20. The van der Waals surface area contributed by atoms with Crippen molar-refractivity contribution in [3.05, 3.63) is 24.0 Å². The fourth-order valence-electron chi connectivity index (χ4n) is 2.61. The standard InChI is InChI=1S/C20H36N4O3/c1-7-8-12-24(19(26)21-20(2,3)4)16-18(25)23(13-14-27-6)15-17-10-9-11-22(17)5/h9-11H,7-8,12-16H2,1-6H3,(H,21,26). The summed E-state index contributed by atoms with van der Waals surface area (Å²) in [6, 6.07) is 3.75. The Bertz CT molecular complexity index is 592. The number of ether oxygens (including phenoxy) is 1. The molecule has 0 aromatic carbocycles. The number of rotatable bonds is 10. The van der Waals surface area contributed by atoms with Crippen LogP contribution in [0.2, 0.25) is 0 Å². The van der Waals surface area contributed by atoms with Gasteiger partial charge in [-0.05, 0) is 39.3 Å². The van der Waals surface area contributed by atoms with E-state index >= 15 is 0 Å². The maximum atomic E-state index is 13.0. The van der Waals surface area contributed by atoms with Crippen molar-refractivity contribution in [1.29, 1.82) is 0 Å². The van der Waals surface area contributed by atoms with E-state index in [1.54, 1.807) is 16.9 Å². The molecule has 0 saturated carbocycles. The molecule has 0 unspecified atom stereocenters. The van der Waals surface area contributed by atoms with Gasteiger partial charge in [0.1, 0.15) is 6.54 Å². The third-order valence-corrected chi connectivity index (χ3v) is 4.20. The average Bonchev–Trinajstić information content (AvgIpc) is 2.98. The summed E-state index contributed by atoms with van der Waals surface area (Å²) < 4.78 is 7.16. The van der Waals surface area contributed by atoms with Crippen molar-refractivity contribution < 1.29 is 14.3 Å². The first kappa shape index (κ1) is 23.0. The zero-order chi connectivity index (χ0) is 20.4. The average molecular weight is 381 g/mol. The molecule has 0 saturated heterocycles. The van der Waals surface area contributed by atoms with Crippen molar-refractivity contribution in [2.45, 2.75) is 52.6 Å². The molecule has 0 fully saturated rings. The number of hydrogen-bond acceptors (Lipinski definition) is 3. The van der Waals surface area contributed by atoms with Crippen molar-refractivity contribution in [1.82, 2.24) is 19.7 Å². The summed E-state index contributed by atoms with van der Waals surface area (Å²) in [5, 5.41) is 2.96. The van der Waals surface area contributed by atoms with Gasteiger partial charge >= 0.3 is 6.03 Å². The van der Waals surface area contributed by atoms with Crippen molar-refractivity contribution in [2.24, 2.45) is 7.05 Å². The first-order chi connectivity index (χ1) is 12.7. The summed E-state index contributed by atoms with van der Waals surface area (Å²) >= 11 is 0. The van der Waals surface area contributed by atoms with E-state index in [9.17, 15) is 9.59 Å². The van der Waals surface area contributed by atoms with Crippen LogP contribution in [0.4, 0.5) is 4.79 Å². The molecule has 0 atom stereocenters. The van der Waals surface area contributed by atoms with Crippen LogP contribution in [0.5, 0.6) is 0 Å². The molecule has 154 valence electrons. The van der Waals surface area contributed by atoms with Gasteiger partial charge in [0.2, 0.25) is 5.91 Å². The summed E-state index contributed by atoms with van der Waals surface area (Å²) in [7, 11) is 3.58. The van der Waals surface area contributed by atoms with Crippen LogP contribution in [0.3, 0.4) is 0 Å². The molecule has 7 heteroatoms. The Labute approximate surface area is 163 Å². The minimum Gasteiger partial charge on any atom is -0.383 e. The molecule has 3 amide bonds. The molecule has 0 spiro atoms. The minimum atomic E-state index is -0.344. The van der Waals surface area contributed by atoms with Crippen molar-refractivity contribution in [3.63, 3.8) is 0 Å². The molecule has 1 heterocycles. The molecule has 1 N–H and O–H groups in total. The van der Waals surface area contributed by atoms with Gasteiger partial charge in [-0.1, -0.05) is 13.3 Å². The first-order valence-corrected chi connectivity index (χ1v) is 9.62. The van der Waals surface area contributed by atoms with Crippen LogP contribution in [0.15, 0.2) is 18.3 Å². The molecule has 1 rings (SSSR count). The molecule has 1 aromatic heterocycles. The number of aromatic nitrogens is 1. The predicted octanol–water partition coefficient (Wildman–Crippen LogP) is 2.61. The van der Waals surface area contributed by atoms with Gasteiger partial charge in [0, 0.05) is 44.7 Å². The molecule has 0 aliphatic heterocycles. The monoisotopic (exact) mass is 380 g/mol. The molecule has 27 heavy (non-hydrogen) atoms. The van der Waals surface area contributed by atoms with Crippen molar-refractivity contribution >= 4 is 11.9 Å².